The minimum absolute atomic E-state index is 0.0000756. The average molecular weight is 534 g/mol. The highest BCUT2D eigenvalue weighted by Crippen LogP contribution is 2.45. The van der Waals surface area contributed by atoms with Gasteiger partial charge in [0.25, 0.3) is 0 Å². The fourth-order valence-corrected chi connectivity index (χ4v) is 4.08. The van der Waals surface area contributed by atoms with E-state index in [1.807, 2.05) is 25.1 Å². The second-order valence-corrected chi connectivity index (χ2v) is 8.93. The van der Waals surface area contributed by atoms with Crippen LogP contribution >= 0.6 is 0 Å². The van der Waals surface area contributed by atoms with Gasteiger partial charge in [-0.05, 0) is 42.7 Å². The Balaban J connectivity index is 0.000000187. The molecule has 3 aromatic rings. The quantitative estimate of drug-likeness (QED) is 0.452. The summed E-state index contributed by atoms with van der Waals surface area (Å²) in [6.07, 6.45) is 1.46. The molecule has 0 saturated carbocycles. The summed E-state index contributed by atoms with van der Waals surface area (Å²) in [5, 5.41) is 8.54. The molecule has 3 heterocycles. The Bertz CT molecular complexity index is 1400. The van der Waals surface area contributed by atoms with Crippen LogP contribution in [0.2, 0.25) is 0 Å². The second kappa shape index (κ2) is 12.1. The van der Waals surface area contributed by atoms with Gasteiger partial charge in [0.1, 0.15) is 44.0 Å². The first-order valence-corrected chi connectivity index (χ1v) is 12.4. The number of anilines is 2. The van der Waals surface area contributed by atoms with Crippen molar-refractivity contribution in [1.29, 1.82) is 5.26 Å². The Kier molecular flexibility index (Phi) is 8.46. The van der Waals surface area contributed by atoms with Gasteiger partial charge in [0.15, 0.2) is 41.2 Å². The van der Waals surface area contributed by atoms with Crippen LogP contribution in [0.5, 0.6) is 40.2 Å². The van der Waals surface area contributed by atoms with E-state index in [4.69, 9.17) is 45.2 Å². The zero-order valence-corrected chi connectivity index (χ0v) is 22.2. The second-order valence-electron chi connectivity index (χ2n) is 8.93. The van der Waals surface area contributed by atoms with Gasteiger partial charge in [0.05, 0.1) is 11.8 Å². The molecule has 0 amide bonds. The van der Waals surface area contributed by atoms with Gasteiger partial charge in [-0.3, -0.25) is 0 Å². The topological polar surface area (TPSA) is 157 Å². The number of nitrogens with zero attached hydrogens (tertiary/aromatic N) is 3. The molecule has 204 valence electrons. The van der Waals surface area contributed by atoms with Crippen LogP contribution in [0.15, 0.2) is 37.0 Å². The van der Waals surface area contributed by atoms with E-state index in [0.29, 0.717) is 60.9 Å². The SMILES string of the molecule is C=C(C)c1c(OCC#N)ccc2c1OCCO2.CC(C)c1c(Oc2cnc(N)nc2N)ccc2c1OCCO2. The van der Waals surface area contributed by atoms with Crippen LogP contribution in [-0.2, 0) is 0 Å². The molecule has 0 spiro atoms. The van der Waals surface area contributed by atoms with Crippen molar-refractivity contribution >= 4 is 17.3 Å². The lowest BCUT2D eigenvalue weighted by atomic mass is 10.00. The smallest absolute Gasteiger partial charge is 0.222 e. The summed E-state index contributed by atoms with van der Waals surface area (Å²) in [6, 6.07) is 9.15. The van der Waals surface area contributed by atoms with Crippen molar-refractivity contribution in [2.75, 3.05) is 44.5 Å². The van der Waals surface area contributed by atoms with Crippen LogP contribution in [0.25, 0.3) is 5.57 Å². The molecule has 0 aliphatic carbocycles. The molecule has 0 fully saturated rings. The third-order valence-corrected chi connectivity index (χ3v) is 5.70. The molecule has 2 aromatic carbocycles. The number of aromatic nitrogens is 2. The van der Waals surface area contributed by atoms with E-state index in [9.17, 15) is 0 Å². The highest BCUT2D eigenvalue weighted by atomic mass is 16.6. The molecule has 4 N–H and O–H groups in total. The van der Waals surface area contributed by atoms with E-state index in [1.54, 1.807) is 12.1 Å². The van der Waals surface area contributed by atoms with Crippen molar-refractivity contribution < 1.29 is 28.4 Å². The molecule has 0 unspecified atom stereocenters. The van der Waals surface area contributed by atoms with E-state index < -0.39 is 0 Å². The normalized spacial score (nSPS) is 13.0. The molecule has 39 heavy (non-hydrogen) atoms. The van der Waals surface area contributed by atoms with Crippen molar-refractivity contribution in [1.82, 2.24) is 9.97 Å². The number of benzene rings is 2. The number of ether oxygens (including phenoxy) is 6. The zero-order valence-electron chi connectivity index (χ0n) is 22.2. The third-order valence-electron chi connectivity index (χ3n) is 5.70. The van der Waals surface area contributed by atoms with Crippen molar-refractivity contribution in [3.05, 3.63) is 48.2 Å². The maximum Gasteiger partial charge on any atom is 0.222 e. The van der Waals surface area contributed by atoms with Crippen molar-refractivity contribution in [2.24, 2.45) is 0 Å². The first-order chi connectivity index (χ1) is 18.8. The lowest BCUT2D eigenvalue weighted by Gasteiger charge is -2.24. The Hall–Kier alpha value is -4.85. The lowest BCUT2D eigenvalue weighted by Crippen LogP contribution is -2.17. The fraction of sp³-hybridized carbons (Fsp3) is 0.321. The summed E-state index contributed by atoms with van der Waals surface area (Å²) in [5.74, 6) is 4.86. The minimum Gasteiger partial charge on any atom is -0.486 e. The molecule has 0 atom stereocenters. The molecule has 11 nitrogen and oxygen atoms in total. The first kappa shape index (κ1) is 27.2. The van der Waals surface area contributed by atoms with E-state index in [2.05, 4.69) is 30.4 Å². The minimum atomic E-state index is -0.0000756. The molecule has 0 radical (unpaired) electrons. The maximum absolute atomic E-state index is 8.54. The predicted octanol–water partition coefficient (Wildman–Crippen LogP) is 4.72. The van der Waals surface area contributed by atoms with Crippen LogP contribution in [-0.4, -0.2) is 43.0 Å². The molecule has 2 aliphatic heterocycles. The Morgan fingerprint density at radius 3 is 2.21 bits per heavy atom. The molecule has 1 aromatic heterocycles. The van der Waals surface area contributed by atoms with Gasteiger partial charge in [-0.25, -0.2) is 4.98 Å². The van der Waals surface area contributed by atoms with Gasteiger partial charge in [0, 0.05) is 5.56 Å². The highest BCUT2D eigenvalue weighted by molar-refractivity contribution is 5.75. The van der Waals surface area contributed by atoms with E-state index in [0.717, 1.165) is 22.4 Å². The summed E-state index contributed by atoms with van der Waals surface area (Å²) in [4.78, 5) is 7.80. The predicted molar refractivity (Wildman–Crippen MR) is 146 cm³/mol. The summed E-state index contributed by atoms with van der Waals surface area (Å²) < 4.78 is 33.7. The number of rotatable bonds is 6. The van der Waals surface area contributed by atoms with E-state index in [-0.39, 0.29) is 24.3 Å². The number of fused-ring (bicyclic) bond motifs is 2. The molecule has 0 bridgehead atoms. The molecule has 2 aliphatic rings. The number of allylic oxidation sites excluding steroid dienone is 1. The van der Waals surface area contributed by atoms with E-state index in [1.165, 1.54) is 6.20 Å². The number of nitrogens with two attached hydrogens (primary N) is 2. The number of hydrogen-bond acceptors (Lipinski definition) is 11. The largest absolute Gasteiger partial charge is 0.486 e. The summed E-state index contributed by atoms with van der Waals surface area (Å²) in [6.45, 7) is 12.0. The number of nitriles is 1. The Morgan fingerprint density at radius 1 is 0.974 bits per heavy atom. The van der Waals surface area contributed by atoms with Crippen LogP contribution in [0.4, 0.5) is 11.8 Å². The molecule has 5 rings (SSSR count). The summed E-state index contributed by atoms with van der Waals surface area (Å²) in [7, 11) is 0. The van der Waals surface area contributed by atoms with Crippen molar-refractivity contribution in [3.8, 4) is 46.3 Å². The lowest BCUT2D eigenvalue weighted by molar-refractivity contribution is 0.168. The van der Waals surface area contributed by atoms with Gasteiger partial charge in [-0.15, -0.1) is 0 Å². The zero-order chi connectivity index (χ0) is 27.9. The van der Waals surface area contributed by atoms with Crippen molar-refractivity contribution in [2.45, 2.75) is 26.7 Å². The summed E-state index contributed by atoms with van der Waals surface area (Å²) in [5.41, 5.74) is 13.8. The standard InChI is InChI=1S/C15H18N4O3.C13H13NO3/c1-8(2)12-9(3-4-10-13(12)21-6-5-20-10)22-11-7-18-15(17)19-14(11)16;1-9(2)12-10(15-6-5-14)3-4-11-13(12)17-8-7-16-11/h3-4,7-8H,5-6H2,1-2H3,(H4,16,17,18,19);3-4H,1,6-8H2,2H3. The molecular weight excluding hydrogens is 502 g/mol. The highest BCUT2D eigenvalue weighted by Gasteiger charge is 2.24. The monoisotopic (exact) mass is 533 g/mol. The van der Waals surface area contributed by atoms with E-state index >= 15 is 0 Å². The number of nitrogen functional groups attached to an aromatic ring is 2. The van der Waals surface area contributed by atoms with Crippen LogP contribution < -0.4 is 39.9 Å². The first-order valence-electron chi connectivity index (χ1n) is 12.4. The van der Waals surface area contributed by atoms with Gasteiger partial charge in [-0.1, -0.05) is 20.4 Å². The Morgan fingerprint density at radius 2 is 1.59 bits per heavy atom. The van der Waals surface area contributed by atoms with Gasteiger partial charge >= 0.3 is 0 Å². The molecule has 11 heteroatoms. The maximum atomic E-state index is 8.54. The van der Waals surface area contributed by atoms with Crippen LogP contribution in [0.3, 0.4) is 0 Å². The Labute approximate surface area is 226 Å². The van der Waals surface area contributed by atoms with Gasteiger partial charge in [-0.2, -0.15) is 10.2 Å². The third kappa shape index (κ3) is 6.18. The fourth-order valence-electron chi connectivity index (χ4n) is 4.08. The van der Waals surface area contributed by atoms with Gasteiger partial charge in [0.2, 0.25) is 5.95 Å². The number of hydrogen-bond donors (Lipinski definition) is 2. The van der Waals surface area contributed by atoms with Crippen LogP contribution in [0, 0.1) is 11.3 Å². The average Bonchev–Trinajstić information content (AvgIpc) is 2.92. The van der Waals surface area contributed by atoms with Gasteiger partial charge < -0.3 is 39.9 Å². The summed E-state index contributed by atoms with van der Waals surface area (Å²) >= 11 is 0. The molecular formula is C28H31N5O6. The van der Waals surface area contributed by atoms with Crippen LogP contribution in [0.1, 0.15) is 37.8 Å². The molecule has 0 saturated heterocycles. The van der Waals surface area contributed by atoms with Crippen molar-refractivity contribution in [3.63, 3.8) is 0 Å².